The highest BCUT2D eigenvalue weighted by atomic mass is 127. The molecule has 0 heterocycles. The first kappa shape index (κ1) is 16.5. The molecule has 0 bridgehead atoms. The van der Waals surface area contributed by atoms with Crippen LogP contribution in [0.3, 0.4) is 0 Å². The Morgan fingerprint density at radius 2 is 2.15 bits per heavy atom. The molecule has 1 atom stereocenters. The van der Waals surface area contributed by atoms with Crippen molar-refractivity contribution in [3.8, 4) is 5.75 Å². The van der Waals surface area contributed by atoms with Gasteiger partial charge in [0.25, 0.3) is 0 Å². The fraction of sp³-hybridized carbons (Fsp3) is 0.385. The number of nitrogens with one attached hydrogen (secondary N) is 1. The van der Waals surface area contributed by atoms with Gasteiger partial charge in [-0.15, -0.1) is 0 Å². The summed E-state index contributed by atoms with van der Waals surface area (Å²) in [4.78, 5) is 24.1. The SMILES string of the molecule is COc1cc(I)ccc1NC(=O)N(C)CC(C)C(=O)O. The number of hydrogen-bond donors (Lipinski definition) is 2. The number of anilines is 1. The highest BCUT2D eigenvalue weighted by Gasteiger charge is 2.18. The van der Waals surface area contributed by atoms with Crippen LogP contribution in [0.2, 0.25) is 0 Å². The largest absolute Gasteiger partial charge is 0.495 e. The van der Waals surface area contributed by atoms with Crippen molar-refractivity contribution >= 4 is 40.3 Å². The van der Waals surface area contributed by atoms with Crippen LogP contribution in [0.4, 0.5) is 10.5 Å². The molecular weight excluding hydrogens is 375 g/mol. The normalized spacial score (nSPS) is 11.6. The number of carbonyl (C=O) groups is 2. The summed E-state index contributed by atoms with van der Waals surface area (Å²) in [6.07, 6.45) is 0. The number of methoxy groups -OCH3 is 1. The Kier molecular flexibility index (Phi) is 6.05. The van der Waals surface area contributed by atoms with Crippen molar-refractivity contribution in [2.45, 2.75) is 6.92 Å². The van der Waals surface area contributed by atoms with Crippen molar-refractivity contribution < 1.29 is 19.4 Å². The number of urea groups is 1. The predicted molar refractivity (Wildman–Crippen MR) is 84.2 cm³/mol. The zero-order valence-corrected chi connectivity index (χ0v) is 13.7. The minimum atomic E-state index is -0.934. The molecule has 110 valence electrons. The zero-order chi connectivity index (χ0) is 15.3. The molecule has 0 saturated heterocycles. The average molecular weight is 392 g/mol. The second-order valence-electron chi connectivity index (χ2n) is 4.39. The Balaban J connectivity index is 2.73. The Morgan fingerprint density at radius 1 is 1.50 bits per heavy atom. The molecule has 0 radical (unpaired) electrons. The molecule has 1 rings (SSSR count). The van der Waals surface area contributed by atoms with Crippen LogP contribution in [0.5, 0.6) is 5.75 Å². The number of hydrogen-bond acceptors (Lipinski definition) is 3. The maximum Gasteiger partial charge on any atom is 0.321 e. The van der Waals surface area contributed by atoms with Crippen molar-refractivity contribution in [1.82, 2.24) is 4.90 Å². The number of carboxylic acids is 1. The van der Waals surface area contributed by atoms with Crippen LogP contribution in [0.15, 0.2) is 18.2 Å². The smallest absolute Gasteiger partial charge is 0.321 e. The van der Waals surface area contributed by atoms with Gasteiger partial charge in [-0.25, -0.2) is 4.79 Å². The third kappa shape index (κ3) is 4.55. The topological polar surface area (TPSA) is 78.9 Å². The van der Waals surface area contributed by atoms with Crippen LogP contribution in [0.25, 0.3) is 0 Å². The molecule has 0 aliphatic rings. The number of carbonyl (C=O) groups excluding carboxylic acids is 1. The number of halogens is 1. The molecule has 7 heteroatoms. The Morgan fingerprint density at radius 3 is 2.70 bits per heavy atom. The lowest BCUT2D eigenvalue weighted by molar-refractivity contribution is -0.141. The number of carboxylic acid groups (broad SMARTS) is 1. The van der Waals surface area contributed by atoms with E-state index in [1.54, 1.807) is 26.1 Å². The van der Waals surface area contributed by atoms with Gasteiger partial charge in [-0.05, 0) is 40.8 Å². The van der Waals surface area contributed by atoms with Gasteiger partial charge in [-0.1, -0.05) is 6.92 Å². The van der Waals surface area contributed by atoms with Crippen LogP contribution >= 0.6 is 22.6 Å². The highest BCUT2D eigenvalue weighted by Crippen LogP contribution is 2.26. The number of rotatable bonds is 5. The van der Waals surface area contributed by atoms with Gasteiger partial charge in [0, 0.05) is 17.2 Å². The third-order valence-electron chi connectivity index (χ3n) is 2.72. The molecule has 0 spiro atoms. The van der Waals surface area contributed by atoms with Crippen molar-refractivity contribution in [3.63, 3.8) is 0 Å². The molecule has 1 aromatic carbocycles. The van der Waals surface area contributed by atoms with Crippen LogP contribution in [0.1, 0.15) is 6.92 Å². The molecule has 1 unspecified atom stereocenters. The maximum absolute atomic E-state index is 12.0. The summed E-state index contributed by atoms with van der Waals surface area (Å²) in [5, 5.41) is 11.5. The lowest BCUT2D eigenvalue weighted by Crippen LogP contribution is -2.36. The van der Waals surface area contributed by atoms with Crippen molar-refractivity contribution in [3.05, 3.63) is 21.8 Å². The lowest BCUT2D eigenvalue weighted by Gasteiger charge is -2.20. The first-order valence-corrected chi connectivity index (χ1v) is 7.01. The number of amides is 2. The van der Waals surface area contributed by atoms with E-state index in [1.165, 1.54) is 12.0 Å². The second kappa shape index (κ2) is 7.32. The quantitative estimate of drug-likeness (QED) is 0.755. The summed E-state index contributed by atoms with van der Waals surface area (Å²) < 4.78 is 6.18. The van der Waals surface area contributed by atoms with Gasteiger partial charge in [0.1, 0.15) is 5.75 Å². The van der Waals surface area contributed by atoms with Crippen molar-refractivity contribution in [1.29, 1.82) is 0 Å². The van der Waals surface area contributed by atoms with Crippen molar-refractivity contribution in [2.24, 2.45) is 5.92 Å². The molecule has 0 aliphatic heterocycles. The van der Waals surface area contributed by atoms with Gasteiger partial charge in [0.05, 0.1) is 18.7 Å². The van der Waals surface area contributed by atoms with E-state index in [4.69, 9.17) is 9.84 Å². The van der Waals surface area contributed by atoms with Crippen LogP contribution < -0.4 is 10.1 Å². The summed E-state index contributed by atoms with van der Waals surface area (Å²) >= 11 is 2.15. The summed E-state index contributed by atoms with van der Waals surface area (Å²) in [7, 11) is 3.07. The molecule has 2 amide bonds. The van der Waals surface area contributed by atoms with Gasteiger partial charge >= 0.3 is 12.0 Å². The molecule has 6 nitrogen and oxygen atoms in total. The average Bonchev–Trinajstić information content (AvgIpc) is 2.40. The third-order valence-corrected chi connectivity index (χ3v) is 3.39. The summed E-state index contributed by atoms with van der Waals surface area (Å²) in [6, 6.07) is 5.01. The first-order chi connectivity index (χ1) is 9.35. The molecule has 0 aromatic heterocycles. The van der Waals surface area contributed by atoms with Crippen LogP contribution in [-0.4, -0.2) is 42.7 Å². The fourth-order valence-corrected chi connectivity index (χ4v) is 2.01. The van der Waals surface area contributed by atoms with E-state index in [-0.39, 0.29) is 12.6 Å². The van der Waals surface area contributed by atoms with Crippen LogP contribution in [0, 0.1) is 9.49 Å². The minimum absolute atomic E-state index is 0.133. The van der Waals surface area contributed by atoms with E-state index in [0.717, 1.165) is 3.57 Å². The maximum atomic E-state index is 12.0. The zero-order valence-electron chi connectivity index (χ0n) is 11.5. The van der Waals surface area contributed by atoms with E-state index in [1.807, 2.05) is 6.07 Å². The van der Waals surface area contributed by atoms with Crippen molar-refractivity contribution in [2.75, 3.05) is 26.0 Å². The van der Waals surface area contributed by atoms with Gasteiger partial charge < -0.3 is 20.1 Å². The number of aliphatic carboxylic acids is 1. The highest BCUT2D eigenvalue weighted by molar-refractivity contribution is 14.1. The molecule has 2 N–H and O–H groups in total. The summed E-state index contributed by atoms with van der Waals surface area (Å²) in [6.45, 7) is 1.69. The number of ether oxygens (including phenoxy) is 1. The van der Waals surface area contributed by atoms with E-state index in [2.05, 4.69) is 27.9 Å². The molecule has 0 fully saturated rings. The van der Waals surface area contributed by atoms with E-state index >= 15 is 0 Å². The Bertz CT molecular complexity index is 507. The second-order valence-corrected chi connectivity index (χ2v) is 5.64. The molecule has 0 saturated carbocycles. The minimum Gasteiger partial charge on any atom is -0.495 e. The van der Waals surface area contributed by atoms with E-state index in [9.17, 15) is 9.59 Å². The fourth-order valence-electron chi connectivity index (χ4n) is 1.55. The standard InChI is InChI=1S/C13H17IN2O4/c1-8(12(17)18)7-16(2)13(19)15-10-5-4-9(14)6-11(10)20-3/h4-6,8H,7H2,1-3H3,(H,15,19)(H,17,18). The summed E-state index contributed by atoms with van der Waals surface area (Å²) in [5.74, 6) is -0.995. The van der Waals surface area contributed by atoms with Gasteiger partial charge in [0.2, 0.25) is 0 Å². The molecule has 20 heavy (non-hydrogen) atoms. The van der Waals surface area contributed by atoms with E-state index < -0.39 is 11.9 Å². The monoisotopic (exact) mass is 392 g/mol. The number of nitrogens with zero attached hydrogens (tertiary/aromatic N) is 1. The Labute approximate surface area is 131 Å². The lowest BCUT2D eigenvalue weighted by atomic mass is 10.2. The molecule has 1 aromatic rings. The van der Waals surface area contributed by atoms with E-state index in [0.29, 0.717) is 11.4 Å². The summed E-state index contributed by atoms with van der Waals surface area (Å²) in [5.41, 5.74) is 0.549. The molecule has 0 aliphatic carbocycles. The Hall–Kier alpha value is -1.51. The first-order valence-electron chi connectivity index (χ1n) is 5.93. The van der Waals surface area contributed by atoms with Crippen LogP contribution in [-0.2, 0) is 4.79 Å². The van der Waals surface area contributed by atoms with Gasteiger partial charge in [-0.2, -0.15) is 0 Å². The van der Waals surface area contributed by atoms with Gasteiger partial charge in [-0.3, -0.25) is 4.79 Å². The molecular formula is C13H17IN2O4. The number of benzene rings is 1. The predicted octanol–water partition coefficient (Wildman–Crippen LogP) is 2.48. The van der Waals surface area contributed by atoms with Gasteiger partial charge in [0.15, 0.2) is 0 Å².